The molecule has 138 valence electrons. The van der Waals surface area contributed by atoms with Crippen molar-refractivity contribution in [1.29, 1.82) is 5.26 Å². The van der Waals surface area contributed by atoms with Gasteiger partial charge in [0.2, 0.25) is 5.91 Å². The van der Waals surface area contributed by atoms with Crippen LogP contribution in [0.3, 0.4) is 0 Å². The summed E-state index contributed by atoms with van der Waals surface area (Å²) in [5.74, 6) is -0.225. The lowest BCUT2D eigenvalue weighted by Gasteiger charge is -2.41. The Morgan fingerprint density at radius 3 is 2.56 bits per heavy atom. The van der Waals surface area contributed by atoms with Crippen LogP contribution in [0.4, 0.5) is 4.79 Å². The number of urea groups is 1. The Kier molecular flexibility index (Phi) is 5.76. The second kappa shape index (κ2) is 8.02. The maximum absolute atomic E-state index is 12.9. The fourth-order valence-electron chi connectivity index (χ4n) is 3.83. The molecule has 0 spiro atoms. The number of hydrogen-bond acceptors (Lipinski definition) is 5. The second-order valence-electron chi connectivity index (χ2n) is 7.06. The summed E-state index contributed by atoms with van der Waals surface area (Å²) < 4.78 is 5.29. The molecule has 1 unspecified atom stereocenters. The van der Waals surface area contributed by atoms with Gasteiger partial charge in [0, 0.05) is 19.6 Å². The first-order valence-electron chi connectivity index (χ1n) is 9.28. The summed E-state index contributed by atoms with van der Waals surface area (Å²) in [4.78, 5) is 27.4. The number of rotatable bonds is 2. The molecule has 0 aromatic carbocycles. The molecule has 2 saturated heterocycles. The van der Waals surface area contributed by atoms with Gasteiger partial charge in [0.15, 0.2) is 0 Å². The number of nitrogens with one attached hydrogen (secondary N) is 2. The van der Waals surface area contributed by atoms with Crippen LogP contribution in [-0.2, 0) is 9.53 Å². The summed E-state index contributed by atoms with van der Waals surface area (Å²) in [6.45, 7) is 2.78. The van der Waals surface area contributed by atoms with Crippen molar-refractivity contribution in [1.82, 2.24) is 20.7 Å². The Morgan fingerprint density at radius 2 is 1.88 bits per heavy atom. The van der Waals surface area contributed by atoms with Gasteiger partial charge in [-0.1, -0.05) is 19.3 Å². The van der Waals surface area contributed by atoms with Crippen molar-refractivity contribution in [3.8, 4) is 6.07 Å². The molecule has 2 aliphatic heterocycles. The van der Waals surface area contributed by atoms with E-state index in [1.165, 1.54) is 5.01 Å². The van der Waals surface area contributed by atoms with Crippen molar-refractivity contribution in [2.45, 2.75) is 56.5 Å². The zero-order valence-corrected chi connectivity index (χ0v) is 14.6. The van der Waals surface area contributed by atoms with Gasteiger partial charge in [-0.15, -0.1) is 0 Å². The Labute approximate surface area is 148 Å². The molecule has 3 fully saturated rings. The second-order valence-corrected chi connectivity index (χ2v) is 7.06. The van der Waals surface area contributed by atoms with E-state index in [0.717, 1.165) is 25.7 Å². The third kappa shape index (κ3) is 4.05. The molecule has 2 heterocycles. The molecule has 3 aliphatic rings. The topological polar surface area (TPSA) is 97.7 Å². The number of ether oxygens (including phenoxy) is 1. The van der Waals surface area contributed by atoms with E-state index in [2.05, 4.69) is 16.8 Å². The lowest BCUT2D eigenvalue weighted by Crippen LogP contribution is -2.64. The van der Waals surface area contributed by atoms with Crippen LogP contribution in [0.2, 0.25) is 0 Å². The van der Waals surface area contributed by atoms with Crippen molar-refractivity contribution in [3.05, 3.63) is 0 Å². The van der Waals surface area contributed by atoms with Gasteiger partial charge in [0.25, 0.3) is 0 Å². The molecule has 25 heavy (non-hydrogen) atoms. The summed E-state index contributed by atoms with van der Waals surface area (Å²) in [5, 5.41) is 14.0. The van der Waals surface area contributed by atoms with Crippen LogP contribution in [0.15, 0.2) is 0 Å². The van der Waals surface area contributed by atoms with Crippen LogP contribution < -0.4 is 10.7 Å². The van der Waals surface area contributed by atoms with Crippen LogP contribution in [-0.4, -0.2) is 66.3 Å². The first kappa shape index (κ1) is 18.0. The molecule has 1 saturated carbocycles. The summed E-state index contributed by atoms with van der Waals surface area (Å²) in [6.07, 6.45) is 5.81. The van der Waals surface area contributed by atoms with Crippen molar-refractivity contribution >= 4 is 11.9 Å². The van der Waals surface area contributed by atoms with Gasteiger partial charge in [-0.25, -0.2) is 15.2 Å². The highest BCUT2D eigenvalue weighted by Gasteiger charge is 2.40. The summed E-state index contributed by atoms with van der Waals surface area (Å²) in [6, 6.07) is 1.56. The van der Waals surface area contributed by atoms with E-state index < -0.39 is 11.6 Å². The molecule has 8 nitrogen and oxygen atoms in total. The Morgan fingerprint density at radius 1 is 1.16 bits per heavy atom. The van der Waals surface area contributed by atoms with Crippen LogP contribution >= 0.6 is 0 Å². The van der Waals surface area contributed by atoms with Crippen LogP contribution in [0.5, 0.6) is 0 Å². The lowest BCUT2D eigenvalue weighted by molar-refractivity contribution is -0.129. The Bertz CT molecular complexity index is 535. The highest BCUT2D eigenvalue weighted by Crippen LogP contribution is 2.28. The summed E-state index contributed by atoms with van der Waals surface area (Å²) in [7, 11) is 0. The lowest BCUT2D eigenvalue weighted by atomic mass is 9.82. The zero-order chi connectivity index (χ0) is 17.7. The Balaban J connectivity index is 1.68. The molecule has 1 atom stereocenters. The quantitative estimate of drug-likeness (QED) is 0.767. The predicted octanol–water partition coefficient (Wildman–Crippen LogP) is 0.750. The molecule has 3 amide bonds. The van der Waals surface area contributed by atoms with Gasteiger partial charge >= 0.3 is 6.03 Å². The van der Waals surface area contributed by atoms with Gasteiger partial charge in [-0.05, 0) is 25.7 Å². The van der Waals surface area contributed by atoms with Crippen LogP contribution in [0, 0.1) is 11.3 Å². The smallest absolute Gasteiger partial charge is 0.335 e. The van der Waals surface area contributed by atoms with Crippen molar-refractivity contribution < 1.29 is 14.3 Å². The van der Waals surface area contributed by atoms with Gasteiger partial charge in [-0.3, -0.25) is 4.79 Å². The number of amides is 3. The van der Waals surface area contributed by atoms with E-state index >= 15 is 0 Å². The maximum Gasteiger partial charge on any atom is 0.335 e. The third-order valence-electron chi connectivity index (χ3n) is 5.32. The summed E-state index contributed by atoms with van der Waals surface area (Å²) >= 11 is 0. The van der Waals surface area contributed by atoms with E-state index in [0.29, 0.717) is 52.1 Å². The van der Waals surface area contributed by atoms with Crippen molar-refractivity contribution in [3.63, 3.8) is 0 Å². The number of carbonyl (C=O) groups excluding carboxylic acids is 2. The minimum atomic E-state index is -0.777. The maximum atomic E-state index is 12.9. The molecule has 0 aromatic rings. The number of nitriles is 1. The average molecular weight is 349 g/mol. The fourth-order valence-corrected chi connectivity index (χ4v) is 3.83. The standard InChI is InChI=1S/C17H27N5O3/c18-13-17(6-2-1-3-7-17)20-15(23)14-5-4-8-19-22(14)16(24)21-9-11-25-12-10-21/h14,19H,1-12H2,(H,20,23). The number of carbonyl (C=O) groups is 2. The van der Waals surface area contributed by atoms with E-state index in [9.17, 15) is 14.9 Å². The molecule has 0 aromatic heterocycles. The molecule has 0 radical (unpaired) electrons. The summed E-state index contributed by atoms with van der Waals surface area (Å²) in [5.41, 5.74) is 2.30. The van der Waals surface area contributed by atoms with E-state index in [-0.39, 0.29) is 11.9 Å². The minimum Gasteiger partial charge on any atom is -0.378 e. The highest BCUT2D eigenvalue weighted by atomic mass is 16.5. The first-order valence-corrected chi connectivity index (χ1v) is 9.28. The van der Waals surface area contributed by atoms with Gasteiger partial charge in [-0.2, -0.15) is 5.26 Å². The zero-order valence-electron chi connectivity index (χ0n) is 14.6. The normalized spacial score (nSPS) is 26.6. The minimum absolute atomic E-state index is 0.183. The van der Waals surface area contributed by atoms with E-state index in [4.69, 9.17) is 4.74 Å². The van der Waals surface area contributed by atoms with Crippen molar-refractivity contribution in [2.24, 2.45) is 0 Å². The largest absolute Gasteiger partial charge is 0.378 e. The predicted molar refractivity (Wildman–Crippen MR) is 90.2 cm³/mol. The molecule has 1 aliphatic carbocycles. The third-order valence-corrected chi connectivity index (χ3v) is 5.32. The van der Waals surface area contributed by atoms with Crippen LogP contribution in [0.25, 0.3) is 0 Å². The fraction of sp³-hybridized carbons (Fsp3) is 0.824. The SMILES string of the molecule is N#CC1(NC(=O)C2CCCNN2C(=O)N2CCOCC2)CCCCC1. The van der Waals surface area contributed by atoms with Gasteiger partial charge in [0.1, 0.15) is 11.6 Å². The highest BCUT2D eigenvalue weighted by molar-refractivity contribution is 5.87. The van der Waals surface area contributed by atoms with E-state index in [1.807, 2.05) is 0 Å². The van der Waals surface area contributed by atoms with Gasteiger partial charge in [0.05, 0.1) is 19.3 Å². The van der Waals surface area contributed by atoms with Gasteiger partial charge < -0.3 is 15.0 Å². The Hall–Kier alpha value is -1.85. The van der Waals surface area contributed by atoms with Crippen molar-refractivity contribution in [2.75, 3.05) is 32.8 Å². The molecule has 2 N–H and O–H groups in total. The molecule has 0 bridgehead atoms. The molecule has 8 heteroatoms. The number of hydrogen-bond donors (Lipinski definition) is 2. The first-order chi connectivity index (χ1) is 12.2. The molecule has 3 rings (SSSR count). The average Bonchev–Trinajstić information content (AvgIpc) is 2.68. The molecular weight excluding hydrogens is 322 g/mol. The number of morpholine rings is 1. The number of hydrazine groups is 1. The monoisotopic (exact) mass is 349 g/mol. The van der Waals surface area contributed by atoms with E-state index in [1.54, 1.807) is 4.90 Å². The van der Waals surface area contributed by atoms with Crippen LogP contribution in [0.1, 0.15) is 44.9 Å². The molecular formula is C17H27N5O3. The number of nitrogens with zero attached hydrogens (tertiary/aromatic N) is 3.